The van der Waals surface area contributed by atoms with Gasteiger partial charge < -0.3 is 14.8 Å². The number of halogens is 2. The van der Waals surface area contributed by atoms with Gasteiger partial charge in [-0.15, -0.1) is 10.2 Å². The Labute approximate surface area is 206 Å². The first-order chi connectivity index (χ1) is 17.5. The zero-order chi connectivity index (χ0) is 24.8. The van der Waals surface area contributed by atoms with Crippen LogP contribution in [0.5, 0.6) is 5.88 Å². The van der Waals surface area contributed by atoms with Gasteiger partial charge in [-0.2, -0.15) is 4.98 Å². The summed E-state index contributed by atoms with van der Waals surface area (Å²) in [5.74, 6) is 0.681. The predicted molar refractivity (Wildman–Crippen MR) is 130 cm³/mol. The number of hydrogen-bond acceptors (Lipinski definition) is 8. The molecule has 0 amide bonds. The van der Waals surface area contributed by atoms with Crippen molar-refractivity contribution in [2.24, 2.45) is 0 Å². The van der Waals surface area contributed by atoms with E-state index in [0.717, 1.165) is 23.2 Å². The molecule has 190 valence electrons. The molecule has 2 saturated heterocycles. The lowest BCUT2D eigenvalue weighted by atomic mass is 10.0. The van der Waals surface area contributed by atoms with E-state index in [2.05, 4.69) is 30.6 Å². The van der Waals surface area contributed by atoms with E-state index in [1.807, 2.05) is 30.5 Å². The van der Waals surface area contributed by atoms with Gasteiger partial charge in [0.05, 0.1) is 44.5 Å². The molecular formula is C24H28F2N8O2. The highest BCUT2D eigenvalue weighted by Gasteiger charge is 2.35. The summed E-state index contributed by atoms with van der Waals surface area (Å²) in [6.07, 6.45) is 0.381. The van der Waals surface area contributed by atoms with Gasteiger partial charge in [-0.3, -0.25) is 4.90 Å². The molecule has 3 aromatic heterocycles. The second-order valence-electron chi connectivity index (χ2n) is 9.46. The lowest BCUT2D eigenvalue weighted by Gasteiger charge is -2.42. The molecule has 12 heteroatoms. The summed E-state index contributed by atoms with van der Waals surface area (Å²) in [7, 11) is 1.55. The number of alkyl halides is 2. The van der Waals surface area contributed by atoms with Crippen molar-refractivity contribution in [3.8, 4) is 17.0 Å². The second-order valence-corrected chi connectivity index (χ2v) is 9.46. The van der Waals surface area contributed by atoms with Crippen molar-refractivity contribution in [3.05, 3.63) is 30.5 Å². The fourth-order valence-corrected chi connectivity index (χ4v) is 4.96. The fourth-order valence-electron chi connectivity index (χ4n) is 4.96. The third-order valence-electron chi connectivity index (χ3n) is 6.95. The van der Waals surface area contributed by atoms with Crippen LogP contribution in [-0.4, -0.2) is 92.3 Å². The Balaban J connectivity index is 1.28. The van der Waals surface area contributed by atoms with E-state index >= 15 is 0 Å². The quantitative estimate of drug-likeness (QED) is 0.416. The molecule has 2 aliphatic heterocycles. The number of nitrogens with zero attached hydrogens (tertiary/aromatic N) is 7. The van der Waals surface area contributed by atoms with E-state index in [4.69, 9.17) is 9.47 Å². The van der Waals surface area contributed by atoms with Gasteiger partial charge >= 0.3 is 0 Å². The minimum Gasteiger partial charge on any atom is -0.479 e. The molecule has 1 N–H and O–H groups in total. The molecule has 0 radical (unpaired) electrons. The summed E-state index contributed by atoms with van der Waals surface area (Å²) in [5.41, 5.74) is 3.83. The highest BCUT2D eigenvalue weighted by Crippen LogP contribution is 2.33. The third-order valence-corrected chi connectivity index (χ3v) is 6.95. The number of methoxy groups -OCH3 is 1. The molecule has 3 atom stereocenters. The second kappa shape index (κ2) is 9.25. The number of hydrogen-bond donors (Lipinski definition) is 1. The molecule has 1 aromatic carbocycles. The zero-order valence-corrected chi connectivity index (χ0v) is 20.1. The minimum absolute atomic E-state index is 0.126. The minimum atomic E-state index is -1.04. The van der Waals surface area contributed by atoms with Crippen molar-refractivity contribution in [2.45, 2.75) is 44.3 Å². The van der Waals surface area contributed by atoms with Crippen molar-refractivity contribution in [2.75, 3.05) is 38.7 Å². The monoisotopic (exact) mass is 498 g/mol. The van der Waals surface area contributed by atoms with Crippen LogP contribution in [0.1, 0.15) is 13.3 Å². The first-order valence-corrected chi connectivity index (χ1v) is 12.1. The lowest BCUT2D eigenvalue weighted by molar-refractivity contribution is -0.0794. The van der Waals surface area contributed by atoms with Crippen LogP contribution in [0.4, 0.5) is 14.7 Å². The molecule has 10 nitrogen and oxygen atoms in total. The van der Waals surface area contributed by atoms with Crippen LogP contribution in [0, 0.1) is 0 Å². The Bertz CT molecular complexity index is 1390. The van der Waals surface area contributed by atoms with Crippen LogP contribution in [-0.2, 0) is 11.3 Å². The number of anilines is 1. The van der Waals surface area contributed by atoms with Crippen LogP contribution >= 0.6 is 0 Å². The van der Waals surface area contributed by atoms with Crippen molar-refractivity contribution in [3.63, 3.8) is 0 Å². The normalized spacial score (nSPS) is 22.1. The summed E-state index contributed by atoms with van der Waals surface area (Å²) >= 11 is 0. The maximum absolute atomic E-state index is 15.0. The zero-order valence-electron chi connectivity index (χ0n) is 20.1. The first-order valence-electron chi connectivity index (χ1n) is 12.1. The molecule has 0 saturated carbocycles. The van der Waals surface area contributed by atoms with Gasteiger partial charge in [-0.05, 0) is 37.1 Å². The molecule has 5 heterocycles. The molecule has 0 bridgehead atoms. The van der Waals surface area contributed by atoms with Crippen LogP contribution in [0.3, 0.4) is 0 Å². The first kappa shape index (κ1) is 23.0. The molecule has 6 rings (SSSR count). The Kier molecular flexibility index (Phi) is 5.92. The number of fused-ring (bicyclic) bond motifs is 2. The number of ether oxygens (including phenoxy) is 2. The maximum atomic E-state index is 15.0. The van der Waals surface area contributed by atoms with Gasteiger partial charge in [-0.1, -0.05) is 11.3 Å². The largest absolute Gasteiger partial charge is 0.479 e. The Morgan fingerprint density at radius 3 is 2.86 bits per heavy atom. The topological polar surface area (TPSA) is 94.6 Å². The summed E-state index contributed by atoms with van der Waals surface area (Å²) < 4.78 is 42.7. The maximum Gasteiger partial charge on any atom is 0.244 e. The average molecular weight is 499 g/mol. The van der Waals surface area contributed by atoms with Crippen molar-refractivity contribution in [1.29, 1.82) is 0 Å². The average Bonchev–Trinajstić information content (AvgIpc) is 3.43. The van der Waals surface area contributed by atoms with Gasteiger partial charge in [0.15, 0.2) is 0 Å². The standard InChI is InChI=1S/C24H28F2N8O2/c1-14(25)10-34-21-9-15(3-4-20(21)29-31-34)17-5-8-33-22(17)23(35-2)28-24(30-33)27-19-6-7-32(11-18(19)26)16-12-36-13-16/h3-5,8-9,14,16,18-19H,6-7,10-13H2,1-2H3,(H,27,30)/t14-,18+,19+/m0/s1. The van der Waals surface area contributed by atoms with E-state index in [1.54, 1.807) is 16.3 Å². The fraction of sp³-hybridized carbons (Fsp3) is 0.500. The number of benzene rings is 1. The molecule has 2 aliphatic rings. The summed E-state index contributed by atoms with van der Waals surface area (Å²) in [5, 5.41) is 16.0. The molecule has 4 aromatic rings. The van der Waals surface area contributed by atoms with Gasteiger partial charge in [0, 0.05) is 24.8 Å². The number of rotatable bonds is 7. The number of piperidine rings is 1. The van der Waals surface area contributed by atoms with E-state index in [0.29, 0.717) is 55.1 Å². The highest BCUT2D eigenvalue weighted by atomic mass is 19.1. The van der Waals surface area contributed by atoms with Crippen LogP contribution in [0.2, 0.25) is 0 Å². The van der Waals surface area contributed by atoms with E-state index in [1.165, 1.54) is 6.92 Å². The van der Waals surface area contributed by atoms with Gasteiger partial charge in [-0.25, -0.2) is 18.0 Å². The Morgan fingerprint density at radius 2 is 2.14 bits per heavy atom. The summed E-state index contributed by atoms with van der Waals surface area (Å²) in [6, 6.07) is 7.56. The molecule has 0 spiro atoms. The number of nitrogens with one attached hydrogen (secondary N) is 1. The predicted octanol–water partition coefficient (Wildman–Crippen LogP) is 2.73. The van der Waals surface area contributed by atoms with Crippen molar-refractivity contribution < 1.29 is 18.3 Å². The van der Waals surface area contributed by atoms with Gasteiger partial charge in [0.1, 0.15) is 23.4 Å². The van der Waals surface area contributed by atoms with Crippen molar-refractivity contribution in [1.82, 2.24) is 34.5 Å². The Morgan fingerprint density at radius 1 is 1.28 bits per heavy atom. The van der Waals surface area contributed by atoms with E-state index < -0.39 is 12.3 Å². The van der Waals surface area contributed by atoms with Gasteiger partial charge in [0.2, 0.25) is 11.8 Å². The highest BCUT2D eigenvalue weighted by molar-refractivity contribution is 5.89. The SMILES string of the molecule is COc1nc(N[C@@H]2CCN(C3COC3)C[C@H]2F)nn2ccc(-c3ccc4nnn(C[C@H](C)F)c4c3)c12. The van der Waals surface area contributed by atoms with Crippen molar-refractivity contribution >= 4 is 22.5 Å². The van der Waals surface area contributed by atoms with Crippen LogP contribution < -0.4 is 10.1 Å². The van der Waals surface area contributed by atoms with Crippen LogP contribution in [0.15, 0.2) is 30.5 Å². The third kappa shape index (κ3) is 4.13. The molecule has 36 heavy (non-hydrogen) atoms. The van der Waals surface area contributed by atoms with Gasteiger partial charge in [0.25, 0.3) is 0 Å². The number of aromatic nitrogens is 6. The molecule has 2 fully saturated rings. The number of likely N-dealkylation sites (tertiary alicyclic amines) is 1. The molecule has 0 aliphatic carbocycles. The molecular weight excluding hydrogens is 470 g/mol. The van der Waals surface area contributed by atoms with E-state index in [-0.39, 0.29) is 12.6 Å². The summed E-state index contributed by atoms with van der Waals surface area (Å²) in [6.45, 7) is 4.14. The smallest absolute Gasteiger partial charge is 0.244 e. The molecule has 0 unspecified atom stereocenters. The Hall–Kier alpha value is -3.38. The summed E-state index contributed by atoms with van der Waals surface area (Å²) in [4.78, 5) is 6.71. The van der Waals surface area contributed by atoms with E-state index in [9.17, 15) is 8.78 Å². The van der Waals surface area contributed by atoms with Crippen LogP contribution in [0.25, 0.3) is 27.7 Å². The lowest BCUT2D eigenvalue weighted by Crippen LogP contribution is -2.57.